The SMILES string of the molecule is CCn1c(SCC(=O)Nc2scc(-c3ccc(OC)cc3)c2C(=O)OC)nnc1-c1ccccc1OC. The second-order valence-electron chi connectivity index (χ2n) is 7.66. The lowest BCUT2D eigenvalue weighted by Crippen LogP contribution is -2.16. The molecular formula is C26H26N4O5S2. The highest BCUT2D eigenvalue weighted by molar-refractivity contribution is 7.99. The second kappa shape index (κ2) is 11.9. The van der Waals surface area contributed by atoms with Gasteiger partial charge in [0.2, 0.25) is 5.91 Å². The number of carbonyl (C=O) groups excluding carboxylic acids is 2. The molecule has 0 spiro atoms. The monoisotopic (exact) mass is 538 g/mol. The average Bonchev–Trinajstić information content (AvgIpc) is 3.55. The molecule has 9 nitrogen and oxygen atoms in total. The number of hydrogen-bond acceptors (Lipinski definition) is 9. The van der Waals surface area contributed by atoms with Crippen LogP contribution in [-0.4, -0.2) is 53.7 Å². The predicted octanol–water partition coefficient (Wildman–Crippen LogP) is 5.23. The van der Waals surface area contributed by atoms with Crippen molar-refractivity contribution in [2.75, 3.05) is 32.4 Å². The number of nitrogens with zero attached hydrogens (tertiary/aromatic N) is 3. The molecular weight excluding hydrogens is 512 g/mol. The molecule has 2 heterocycles. The van der Waals surface area contributed by atoms with Crippen LogP contribution in [0.25, 0.3) is 22.5 Å². The zero-order valence-electron chi connectivity index (χ0n) is 20.8. The summed E-state index contributed by atoms with van der Waals surface area (Å²) in [5.74, 6) is 1.35. The van der Waals surface area contributed by atoms with Gasteiger partial charge in [-0.2, -0.15) is 0 Å². The molecule has 0 aliphatic carbocycles. The molecule has 0 saturated carbocycles. The number of para-hydroxylation sites is 1. The summed E-state index contributed by atoms with van der Waals surface area (Å²) in [4.78, 5) is 25.5. The van der Waals surface area contributed by atoms with Crippen LogP contribution in [0.15, 0.2) is 59.1 Å². The Morgan fingerprint density at radius 1 is 1.00 bits per heavy atom. The molecule has 0 atom stereocenters. The van der Waals surface area contributed by atoms with Gasteiger partial charge in [0, 0.05) is 17.5 Å². The Kier molecular flexibility index (Phi) is 8.47. The van der Waals surface area contributed by atoms with Gasteiger partial charge in [-0.1, -0.05) is 36.0 Å². The van der Waals surface area contributed by atoms with Crippen molar-refractivity contribution >= 4 is 40.0 Å². The number of thiophene rings is 1. The fourth-order valence-corrected chi connectivity index (χ4v) is 5.52. The van der Waals surface area contributed by atoms with E-state index in [0.29, 0.717) is 45.2 Å². The molecule has 11 heteroatoms. The van der Waals surface area contributed by atoms with Crippen LogP contribution in [0.5, 0.6) is 11.5 Å². The standard InChI is InChI=1S/C26H26N4O5S2/c1-5-30-23(18-8-6-7-9-20(18)34-3)28-29-26(30)37-15-21(31)27-24-22(25(32)35-4)19(14-36-24)16-10-12-17(33-2)13-11-16/h6-14H,5,15H2,1-4H3,(H,27,31). The zero-order chi connectivity index (χ0) is 26.4. The number of rotatable bonds is 10. The van der Waals surface area contributed by atoms with E-state index in [-0.39, 0.29) is 11.7 Å². The highest BCUT2D eigenvalue weighted by atomic mass is 32.2. The molecule has 0 aliphatic rings. The van der Waals surface area contributed by atoms with E-state index in [4.69, 9.17) is 14.2 Å². The predicted molar refractivity (Wildman–Crippen MR) is 145 cm³/mol. The average molecular weight is 539 g/mol. The molecule has 4 rings (SSSR count). The third-order valence-electron chi connectivity index (χ3n) is 5.55. The number of esters is 1. The van der Waals surface area contributed by atoms with Crippen LogP contribution in [0, 0.1) is 0 Å². The quantitative estimate of drug-likeness (QED) is 0.216. The van der Waals surface area contributed by atoms with Crippen molar-refractivity contribution in [2.45, 2.75) is 18.6 Å². The molecule has 0 bridgehead atoms. The summed E-state index contributed by atoms with van der Waals surface area (Å²) in [6, 6.07) is 14.9. The summed E-state index contributed by atoms with van der Waals surface area (Å²) in [5, 5.41) is 14.3. The smallest absolute Gasteiger partial charge is 0.341 e. The maximum absolute atomic E-state index is 12.9. The Morgan fingerprint density at radius 3 is 2.43 bits per heavy atom. The van der Waals surface area contributed by atoms with Gasteiger partial charge in [-0.15, -0.1) is 21.5 Å². The number of ether oxygens (including phenoxy) is 3. The fourth-order valence-electron chi connectivity index (χ4n) is 3.74. The Hall–Kier alpha value is -3.83. The van der Waals surface area contributed by atoms with Crippen LogP contribution in [0.4, 0.5) is 5.00 Å². The van der Waals surface area contributed by atoms with E-state index in [0.717, 1.165) is 11.1 Å². The van der Waals surface area contributed by atoms with Crippen molar-refractivity contribution in [3.05, 3.63) is 59.5 Å². The minimum absolute atomic E-state index is 0.0838. The van der Waals surface area contributed by atoms with Gasteiger partial charge in [0.1, 0.15) is 22.1 Å². The summed E-state index contributed by atoms with van der Waals surface area (Å²) >= 11 is 2.53. The molecule has 0 fully saturated rings. The van der Waals surface area contributed by atoms with Crippen LogP contribution >= 0.6 is 23.1 Å². The summed E-state index contributed by atoms with van der Waals surface area (Å²) in [6.07, 6.45) is 0. The topological polar surface area (TPSA) is 105 Å². The first kappa shape index (κ1) is 26.2. The molecule has 1 N–H and O–H groups in total. The van der Waals surface area contributed by atoms with E-state index < -0.39 is 5.97 Å². The Morgan fingerprint density at radius 2 is 1.76 bits per heavy atom. The van der Waals surface area contributed by atoms with Crippen molar-refractivity contribution in [3.63, 3.8) is 0 Å². The van der Waals surface area contributed by atoms with Crippen LogP contribution in [-0.2, 0) is 16.1 Å². The van der Waals surface area contributed by atoms with E-state index in [1.165, 1.54) is 30.2 Å². The maximum atomic E-state index is 12.9. The van der Waals surface area contributed by atoms with Gasteiger partial charge < -0.3 is 24.1 Å². The number of nitrogens with one attached hydrogen (secondary N) is 1. The molecule has 37 heavy (non-hydrogen) atoms. The lowest BCUT2D eigenvalue weighted by molar-refractivity contribution is -0.113. The summed E-state index contributed by atoms with van der Waals surface area (Å²) in [7, 11) is 4.52. The van der Waals surface area contributed by atoms with Crippen LogP contribution in [0.2, 0.25) is 0 Å². The molecule has 4 aromatic rings. The highest BCUT2D eigenvalue weighted by Crippen LogP contribution is 2.37. The van der Waals surface area contributed by atoms with Crippen molar-refractivity contribution in [1.29, 1.82) is 0 Å². The van der Waals surface area contributed by atoms with E-state index >= 15 is 0 Å². The molecule has 2 aromatic heterocycles. The molecule has 192 valence electrons. The first-order chi connectivity index (χ1) is 18.0. The number of hydrogen-bond donors (Lipinski definition) is 1. The molecule has 0 unspecified atom stereocenters. The van der Waals surface area contributed by atoms with Gasteiger partial charge in [0.05, 0.1) is 32.6 Å². The third-order valence-corrected chi connectivity index (χ3v) is 7.41. The number of thioether (sulfide) groups is 1. The van der Waals surface area contributed by atoms with Gasteiger partial charge in [-0.3, -0.25) is 4.79 Å². The van der Waals surface area contributed by atoms with Crippen molar-refractivity contribution < 1.29 is 23.8 Å². The Bertz CT molecular complexity index is 1400. The highest BCUT2D eigenvalue weighted by Gasteiger charge is 2.23. The molecule has 0 aliphatic heterocycles. The number of benzene rings is 2. The van der Waals surface area contributed by atoms with Crippen LogP contribution < -0.4 is 14.8 Å². The minimum atomic E-state index is -0.526. The van der Waals surface area contributed by atoms with Crippen LogP contribution in [0.3, 0.4) is 0 Å². The molecule has 0 saturated heterocycles. The first-order valence-corrected chi connectivity index (χ1v) is 13.2. The first-order valence-electron chi connectivity index (χ1n) is 11.3. The number of methoxy groups -OCH3 is 3. The summed E-state index contributed by atoms with van der Waals surface area (Å²) < 4.78 is 17.6. The third kappa shape index (κ3) is 5.62. The lowest BCUT2D eigenvalue weighted by atomic mass is 10.0. The lowest BCUT2D eigenvalue weighted by Gasteiger charge is -2.10. The minimum Gasteiger partial charge on any atom is -0.497 e. The number of carbonyl (C=O) groups is 2. The van der Waals surface area contributed by atoms with E-state index in [2.05, 4.69) is 15.5 Å². The molecule has 2 aromatic carbocycles. The number of amides is 1. The van der Waals surface area contributed by atoms with E-state index in [9.17, 15) is 9.59 Å². The van der Waals surface area contributed by atoms with Gasteiger partial charge in [0.15, 0.2) is 11.0 Å². The van der Waals surface area contributed by atoms with Gasteiger partial charge in [0.25, 0.3) is 0 Å². The van der Waals surface area contributed by atoms with Crippen LogP contribution in [0.1, 0.15) is 17.3 Å². The van der Waals surface area contributed by atoms with E-state index in [1.807, 2.05) is 65.4 Å². The summed E-state index contributed by atoms with van der Waals surface area (Å²) in [5.41, 5.74) is 2.62. The van der Waals surface area contributed by atoms with Gasteiger partial charge >= 0.3 is 5.97 Å². The maximum Gasteiger partial charge on any atom is 0.341 e. The molecule has 0 radical (unpaired) electrons. The second-order valence-corrected chi connectivity index (χ2v) is 9.48. The molecule has 1 amide bonds. The number of aromatic nitrogens is 3. The largest absolute Gasteiger partial charge is 0.497 e. The van der Waals surface area contributed by atoms with Crippen molar-refractivity contribution in [1.82, 2.24) is 14.8 Å². The Labute approximate surface area is 222 Å². The zero-order valence-corrected chi connectivity index (χ0v) is 22.4. The number of anilines is 1. The fraction of sp³-hybridized carbons (Fsp3) is 0.231. The van der Waals surface area contributed by atoms with Crippen molar-refractivity contribution in [2.24, 2.45) is 0 Å². The normalized spacial score (nSPS) is 10.7. The summed E-state index contributed by atoms with van der Waals surface area (Å²) in [6.45, 7) is 2.61. The van der Waals surface area contributed by atoms with Crippen molar-refractivity contribution in [3.8, 4) is 34.0 Å². The van der Waals surface area contributed by atoms with Gasteiger partial charge in [-0.25, -0.2) is 4.79 Å². The van der Waals surface area contributed by atoms with Gasteiger partial charge in [-0.05, 0) is 36.8 Å². The Balaban J connectivity index is 1.51. The van der Waals surface area contributed by atoms with E-state index in [1.54, 1.807) is 14.2 Å².